The predicted octanol–water partition coefficient (Wildman–Crippen LogP) is 3.51. The van der Waals surface area contributed by atoms with Crippen LogP contribution in [-0.2, 0) is 6.54 Å². The van der Waals surface area contributed by atoms with Gasteiger partial charge in [0, 0.05) is 24.2 Å². The van der Waals surface area contributed by atoms with Crippen molar-refractivity contribution in [3.8, 4) is 0 Å². The van der Waals surface area contributed by atoms with Crippen molar-refractivity contribution >= 4 is 10.9 Å². The number of pyridine rings is 1. The zero-order valence-electron chi connectivity index (χ0n) is 10.6. The van der Waals surface area contributed by atoms with Gasteiger partial charge in [0.25, 0.3) is 0 Å². The maximum absolute atomic E-state index is 4.47. The molecule has 0 fully saturated rings. The Kier molecular flexibility index (Phi) is 4.10. The van der Waals surface area contributed by atoms with Crippen LogP contribution in [0.3, 0.4) is 0 Å². The summed E-state index contributed by atoms with van der Waals surface area (Å²) in [4.78, 5) is 4.47. The van der Waals surface area contributed by atoms with Crippen molar-refractivity contribution in [1.29, 1.82) is 0 Å². The summed E-state index contributed by atoms with van der Waals surface area (Å²) in [7, 11) is 0. The third-order valence-electron chi connectivity index (χ3n) is 3.08. The molecule has 0 aliphatic heterocycles. The molecule has 0 spiro atoms. The topological polar surface area (TPSA) is 24.9 Å². The van der Waals surface area contributed by atoms with Crippen molar-refractivity contribution in [3.63, 3.8) is 0 Å². The van der Waals surface area contributed by atoms with Crippen LogP contribution in [0.1, 0.15) is 32.3 Å². The van der Waals surface area contributed by atoms with E-state index in [-0.39, 0.29) is 0 Å². The monoisotopic (exact) mass is 228 g/mol. The highest BCUT2D eigenvalue weighted by molar-refractivity contribution is 5.81. The van der Waals surface area contributed by atoms with Gasteiger partial charge in [-0.3, -0.25) is 4.98 Å². The fraction of sp³-hybridized carbons (Fsp3) is 0.400. The lowest BCUT2D eigenvalue weighted by Gasteiger charge is -2.13. The molecule has 2 rings (SSSR count). The Morgan fingerprint density at radius 3 is 2.88 bits per heavy atom. The van der Waals surface area contributed by atoms with Gasteiger partial charge < -0.3 is 5.32 Å². The van der Waals surface area contributed by atoms with Gasteiger partial charge in [-0.15, -0.1) is 0 Å². The molecular formula is C15H20N2. The van der Waals surface area contributed by atoms with E-state index < -0.39 is 0 Å². The molecule has 0 saturated heterocycles. The summed E-state index contributed by atoms with van der Waals surface area (Å²) >= 11 is 0. The van der Waals surface area contributed by atoms with E-state index in [2.05, 4.69) is 48.4 Å². The molecule has 0 aliphatic rings. The molecular weight excluding hydrogens is 208 g/mol. The fourth-order valence-electron chi connectivity index (χ4n) is 2.13. The number of benzene rings is 1. The van der Waals surface area contributed by atoms with Crippen LogP contribution < -0.4 is 5.32 Å². The van der Waals surface area contributed by atoms with Crippen molar-refractivity contribution in [2.24, 2.45) is 0 Å². The quantitative estimate of drug-likeness (QED) is 0.847. The average molecular weight is 228 g/mol. The Morgan fingerprint density at radius 1 is 1.24 bits per heavy atom. The molecule has 1 unspecified atom stereocenters. The van der Waals surface area contributed by atoms with Crippen LogP contribution >= 0.6 is 0 Å². The van der Waals surface area contributed by atoms with Crippen molar-refractivity contribution in [3.05, 3.63) is 42.1 Å². The molecule has 2 nitrogen and oxygen atoms in total. The molecule has 90 valence electrons. The zero-order chi connectivity index (χ0) is 12.1. The molecule has 1 aromatic carbocycles. The van der Waals surface area contributed by atoms with Crippen LogP contribution in [0, 0.1) is 0 Å². The van der Waals surface area contributed by atoms with Gasteiger partial charge in [-0.05, 0) is 25.0 Å². The maximum Gasteiger partial charge on any atom is 0.0746 e. The van der Waals surface area contributed by atoms with Crippen LogP contribution in [0.15, 0.2) is 36.5 Å². The van der Waals surface area contributed by atoms with Crippen LogP contribution in [0.5, 0.6) is 0 Å². The van der Waals surface area contributed by atoms with Gasteiger partial charge in [-0.25, -0.2) is 0 Å². The Balaban J connectivity index is 2.13. The van der Waals surface area contributed by atoms with E-state index in [1.54, 1.807) is 0 Å². The van der Waals surface area contributed by atoms with Gasteiger partial charge in [0.05, 0.1) is 5.52 Å². The first-order valence-electron chi connectivity index (χ1n) is 6.37. The number of hydrogen-bond donors (Lipinski definition) is 1. The third-order valence-corrected chi connectivity index (χ3v) is 3.08. The van der Waals surface area contributed by atoms with Gasteiger partial charge in [-0.1, -0.05) is 37.6 Å². The molecule has 1 atom stereocenters. The first-order chi connectivity index (χ1) is 8.31. The smallest absolute Gasteiger partial charge is 0.0746 e. The van der Waals surface area contributed by atoms with Crippen LogP contribution in [0.4, 0.5) is 0 Å². The Labute approximate surface area is 103 Å². The minimum atomic E-state index is 0.568. The fourth-order valence-corrected chi connectivity index (χ4v) is 2.13. The second-order valence-corrected chi connectivity index (χ2v) is 4.56. The summed E-state index contributed by atoms with van der Waals surface area (Å²) in [5.41, 5.74) is 2.40. The molecule has 0 bridgehead atoms. The molecule has 17 heavy (non-hydrogen) atoms. The highest BCUT2D eigenvalue weighted by atomic mass is 14.9. The number of rotatable bonds is 5. The molecule has 1 heterocycles. The van der Waals surface area contributed by atoms with Gasteiger partial charge in [0.15, 0.2) is 0 Å². The zero-order valence-corrected chi connectivity index (χ0v) is 10.6. The lowest BCUT2D eigenvalue weighted by atomic mass is 10.1. The maximum atomic E-state index is 4.47. The predicted molar refractivity (Wildman–Crippen MR) is 73.0 cm³/mol. The van der Waals surface area contributed by atoms with E-state index in [1.165, 1.54) is 23.8 Å². The SMILES string of the molecule is CCCC(C)NCc1cccc2cccnc12. The number of para-hydroxylation sites is 1. The molecule has 2 aromatic rings. The van der Waals surface area contributed by atoms with Crippen molar-refractivity contribution < 1.29 is 0 Å². The van der Waals surface area contributed by atoms with Crippen LogP contribution in [0.25, 0.3) is 10.9 Å². The van der Waals surface area contributed by atoms with E-state index >= 15 is 0 Å². The number of nitrogens with one attached hydrogen (secondary N) is 1. The average Bonchev–Trinajstić information content (AvgIpc) is 2.36. The van der Waals surface area contributed by atoms with Gasteiger partial charge in [0.1, 0.15) is 0 Å². The lowest BCUT2D eigenvalue weighted by molar-refractivity contribution is 0.509. The molecule has 1 aromatic heterocycles. The highest BCUT2D eigenvalue weighted by Crippen LogP contribution is 2.15. The Hall–Kier alpha value is -1.41. The number of nitrogens with zero attached hydrogens (tertiary/aromatic N) is 1. The highest BCUT2D eigenvalue weighted by Gasteiger charge is 2.03. The molecule has 0 aliphatic carbocycles. The van der Waals surface area contributed by atoms with E-state index in [0.717, 1.165) is 12.1 Å². The molecule has 0 saturated carbocycles. The first-order valence-corrected chi connectivity index (χ1v) is 6.37. The Morgan fingerprint density at radius 2 is 2.06 bits per heavy atom. The third kappa shape index (κ3) is 3.04. The second-order valence-electron chi connectivity index (χ2n) is 4.56. The summed E-state index contributed by atoms with van der Waals surface area (Å²) in [6.07, 6.45) is 4.31. The van der Waals surface area contributed by atoms with Crippen molar-refractivity contribution in [1.82, 2.24) is 10.3 Å². The van der Waals surface area contributed by atoms with E-state index in [1.807, 2.05) is 12.3 Å². The minimum absolute atomic E-state index is 0.568. The molecule has 0 amide bonds. The molecule has 1 N–H and O–H groups in total. The minimum Gasteiger partial charge on any atom is -0.310 e. The van der Waals surface area contributed by atoms with Crippen LogP contribution in [-0.4, -0.2) is 11.0 Å². The van der Waals surface area contributed by atoms with Crippen molar-refractivity contribution in [2.45, 2.75) is 39.3 Å². The summed E-state index contributed by atoms with van der Waals surface area (Å²) in [6, 6.07) is 11.0. The number of aromatic nitrogens is 1. The number of hydrogen-bond acceptors (Lipinski definition) is 2. The summed E-state index contributed by atoms with van der Waals surface area (Å²) in [5.74, 6) is 0. The normalized spacial score (nSPS) is 12.8. The molecule has 2 heteroatoms. The number of fused-ring (bicyclic) bond motifs is 1. The first kappa shape index (κ1) is 12.1. The molecule has 0 radical (unpaired) electrons. The summed E-state index contributed by atoms with van der Waals surface area (Å²) in [6.45, 7) is 5.36. The van der Waals surface area contributed by atoms with Crippen LogP contribution in [0.2, 0.25) is 0 Å². The lowest BCUT2D eigenvalue weighted by Crippen LogP contribution is -2.25. The second kappa shape index (κ2) is 5.78. The van der Waals surface area contributed by atoms with Gasteiger partial charge in [0.2, 0.25) is 0 Å². The van der Waals surface area contributed by atoms with Crippen molar-refractivity contribution in [2.75, 3.05) is 0 Å². The summed E-state index contributed by atoms with van der Waals surface area (Å²) in [5, 5.41) is 4.77. The van der Waals surface area contributed by atoms with Gasteiger partial charge >= 0.3 is 0 Å². The largest absolute Gasteiger partial charge is 0.310 e. The summed E-state index contributed by atoms with van der Waals surface area (Å²) < 4.78 is 0. The van der Waals surface area contributed by atoms with E-state index in [4.69, 9.17) is 0 Å². The standard InChI is InChI=1S/C15H20N2/c1-3-6-12(2)17-11-14-8-4-7-13-9-5-10-16-15(13)14/h4-5,7-10,12,17H,3,6,11H2,1-2H3. The van der Waals surface area contributed by atoms with Gasteiger partial charge in [-0.2, -0.15) is 0 Å². The Bertz CT molecular complexity index is 474. The van der Waals surface area contributed by atoms with E-state index in [0.29, 0.717) is 6.04 Å². The van der Waals surface area contributed by atoms with E-state index in [9.17, 15) is 0 Å².